The van der Waals surface area contributed by atoms with Gasteiger partial charge in [0.2, 0.25) is 11.9 Å². The van der Waals surface area contributed by atoms with Crippen molar-refractivity contribution in [3.05, 3.63) is 28.7 Å². The average molecular weight is 338 g/mol. The zero-order valence-electron chi connectivity index (χ0n) is 11.4. The van der Waals surface area contributed by atoms with E-state index in [1.807, 2.05) is 24.3 Å². The number of hydrogen-bond donors (Lipinski definition) is 2. The van der Waals surface area contributed by atoms with Crippen LogP contribution in [0, 0.1) is 0 Å². The van der Waals surface area contributed by atoms with E-state index in [1.165, 1.54) is 7.11 Å². The molecule has 0 saturated carbocycles. The van der Waals surface area contributed by atoms with E-state index in [0.717, 1.165) is 23.1 Å². The first-order valence-corrected chi connectivity index (χ1v) is 7.07. The number of ether oxygens (including phenoxy) is 1. The molecule has 6 nitrogen and oxygen atoms in total. The predicted molar refractivity (Wildman–Crippen MR) is 82.6 cm³/mol. The fraction of sp³-hybridized carbons (Fsp3) is 0.308. The molecule has 0 fully saturated rings. The second kappa shape index (κ2) is 7.04. The van der Waals surface area contributed by atoms with Crippen LogP contribution in [-0.4, -0.2) is 28.6 Å². The van der Waals surface area contributed by atoms with Crippen molar-refractivity contribution in [2.45, 2.75) is 13.3 Å². The molecule has 1 aromatic heterocycles. The third-order valence-electron chi connectivity index (χ3n) is 2.41. The lowest BCUT2D eigenvalue weighted by Gasteiger charge is -2.09. The molecular weight excluding hydrogens is 322 g/mol. The Kier molecular flexibility index (Phi) is 5.11. The number of anilines is 3. The maximum Gasteiger partial charge on any atom is 0.322 e. The summed E-state index contributed by atoms with van der Waals surface area (Å²) in [6.45, 7) is 2.87. The molecule has 0 amide bonds. The summed E-state index contributed by atoms with van der Waals surface area (Å²) in [7, 11) is 1.53. The standard InChI is InChI=1S/C13H16BrN5O/c1-3-7-15-11-17-12(19-13(18-11)20-2)16-10-6-4-5-9(14)8-10/h4-6,8H,3,7H2,1-2H3,(H2,15,16,17,18,19). The van der Waals surface area contributed by atoms with E-state index in [9.17, 15) is 0 Å². The van der Waals surface area contributed by atoms with Crippen LogP contribution in [0.5, 0.6) is 6.01 Å². The Labute approximate surface area is 126 Å². The minimum absolute atomic E-state index is 0.274. The molecule has 0 aliphatic carbocycles. The van der Waals surface area contributed by atoms with E-state index in [1.54, 1.807) is 0 Å². The Morgan fingerprint density at radius 1 is 1.20 bits per heavy atom. The number of methoxy groups -OCH3 is 1. The van der Waals surface area contributed by atoms with Crippen LogP contribution in [0.1, 0.15) is 13.3 Å². The van der Waals surface area contributed by atoms with Gasteiger partial charge in [0.05, 0.1) is 7.11 Å². The van der Waals surface area contributed by atoms with Crippen LogP contribution in [0.15, 0.2) is 28.7 Å². The fourth-order valence-corrected chi connectivity index (χ4v) is 1.91. The van der Waals surface area contributed by atoms with Crippen molar-refractivity contribution in [3.8, 4) is 6.01 Å². The SMILES string of the molecule is CCCNc1nc(Nc2cccc(Br)c2)nc(OC)n1. The molecule has 0 spiro atoms. The van der Waals surface area contributed by atoms with Gasteiger partial charge in [0, 0.05) is 16.7 Å². The third kappa shape index (κ3) is 4.06. The summed E-state index contributed by atoms with van der Waals surface area (Å²) < 4.78 is 6.06. The van der Waals surface area contributed by atoms with Crippen molar-refractivity contribution in [2.24, 2.45) is 0 Å². The number of benzene rings is 1. The van der Waals surface area contributed by atoms with Crippen LogP contribution in [-0.2, 0) is 0 Å². The van der Waals surface area contributed by atoms with Crippen molar-refractivity contribution >= 4 is 33.5 Å². The molecule has 0 saturated heterocycles. The van der Waals surface area contributed by atoms with Gasteiger partial charge in [0.25, 0.3) is 0 Å². The number of halogens is 1. The molecule has 20 heavy (non-hydrogen) atoms. The molecule has 0 aliphatic heterocycles. The number of nitrogens with one attached hydrogen (secondary N) is 2. The molecule has 2 rings (SSSR count). The minimum atomic E-state index is 0.274. The first-order chi connectivity index (χ1) is 9.71. The van der Waals surface area contributed by atoms with Gasteiger partial charge in [-0.3, -0.25) is 0 Å². The largest absolute Gasteiger partial charge is 0.467 e. The van der Waals surface area contributed by atoms with Gasteiger partial charge in [-0.05, 0) is 24.6 Å². The molecule has 1 heterocycles. The van der Waals surface area contributed by atoms with E-state index in [-0.39, 0.29) is 6.01 Å². The lowest BCUT2D eigenvalue weighted by Crippen LogP contribution is -2.08. The highest BCUT2D eigenvalue weighted by Crippen LogP contribution is 2.20. The van der Waals surface area contributed by atoms with Crippen molar-refractivity contribution in [1.82, 2.24) is 15.0 Å². The van der Waals surface area contributed by atoms with Crippen LogP contribution in [0.4, 0.5) is 17.6 Å². The molecule has 1 aromatic carbocycles. The van der Waals surface area contributed by atoms with Gasteiger partial charge in [-0.1, -0.05) is 28.9 Å². The Bertz CT molecular complexity index is 578. The molecule has 2 aromatic rings. The molecule has 0 bridgehead atoms. The lowest BCUT2D eigenvalue weighted by atomic mass is 10.3. The second-order valence-electron chi connectivity index (χ2n) is 4.03. The van der Waals surface area contributed by atoms with Crippen LogP contribution in [0.25, 0.3) is 0 Å². The van der Waals surface area contributed by atoms with Crippen LogP contribution in [0.3, 0.4) is 0 Å². The summed E-state index contributed by atoms with van der Waals surface area (Å²) in [6.07, 6.45) is 0.988. The predicted octanol–water partition coefficient (Wildman–Crippen LogP) is 3.21. The molecule has 0 atom stereocenters. The van der Waals surface area contributed by atoms with Crippen LogP contribution >= 0.6 is 15.9 Å². The monoisotopic (exact) mass is 337 g/mol. The lowest BCUT2D eigenvalue weighted by molar-refractivity contribution is 0.379. The van der Waals surface area contributed by atoms with Gasteiger partial charge < -0.3 is 15.4 Å². The van der Waals surface area contributed by atoms with Gasteiger partial charge in [0.15, 0.2) is 0 Å². The number of hydrogen-bond acceptors (Lipinski definition) is 6. The zero-order valence-corrected chi connectivity index (χ0v) is 12.9. The first kappa shape index (κ1) is 14.5. The normalized spacial score (nSPS) is 10.2. The average Bonchev–Trinajstić information content (AvgIpc) is 2.45. The summed E-state index contributed by atoms with van der Waals surface area (Å²) in [5.41, 5.74) is 0.883. The number of rotatable bonds is 6. The van der Waals surface area contributed by atoms with E-state index in [2.05, 4.69) is 48.4 Å². The van der Waals surface area contributed by atoms with Crippen molar-refractivity contribution in [2.75, 3.05) is 24.3 Å². The van der Waals surface area contributed by atoms with Gasteiger partial charge >= 0.3 is 6.01 Å². The highest BCUT2D eigenvalue weighted by Gasteiger charge is 2.06. The second-order valence-corrected chi connectivity index (χ2v) is 4.95. The molecule has 106 valence electrons. The molecule has 0 radical (unpaired) electrons. The van der Waals surface area contributed by atoms with E-state index in [4.69, 9.17) is 4.74 Å². The van der Waals surface area contributed by atoms with E-state index >= 15 is 0 Å². The summed E-state index contributed by atoms with van der Waals surface area (Å²) >= 11 is 3.42. The highest BCUT2D eigenvalue weighted by molar-refractivity contribution is 9.10. The van der Waals surface area contributed by atoms with Crippen LogP contribution in [0.2, 0.25) is 0 Å². The number of nitrogens with zero attached hydrogens (tertiary/aromatic N) is 3. The Hall–Kier alpha value is -1.89. The van der Waals surface area contributed by atoms with Crippen molar-refractivity contribution < 1.29 is 4.74 Å². The highest BCUT2D eigenvalue weighted by atomic mass is 79.9. The topological polar surface area (TPSA) is 72.0 Å². The number of aromatic nitrogens is 3. The Balaban J connectivity index is 2.21. The molecule has 0 unspecified atom stereocenters. The van der Waals surface area contributed by atoms with Crippen molar-refractivity contribution in [1.29, 1.82) is 0 Å². The maximum absolute atomic E-state index is 5.09. The van der Waals surface area contributed by atoms with Gasteiger partial charge in [-0.25, -0.2) is 0 Å². The Morgan fingerprint density at radius 2 is 2.00 bits per heavy atom. The van der Waals surface area contributed by atoms with Gasteiger partial charge in [-0.2, -0.15) is 15.0 Å². The molecule has 2 N–H and O–H groups in total. The van der Waals surface area contributed by atoms with E-state index in [0.29, 0.717) is 11.9 Å². The minimum Gasteiger partial charge on any atom is -0.467 e. The molecular formula is C13H16BrN5O. The molecule has 7 heteroatoms. The van der Waals surface area contributed by atoms with Gasteiger partial charge in [0.1, 0.15) is 0 Å². The Morgan fingerprint density at radius 3 is 2.70 bits per heavy atom. The third-order valence-corrected chi connectivity index (χ3v) is 2.90. The fourth-order valence-electron chi connectivity index (χ4n) is 1.51. The zero-order chi connectivity index (χ0) is 14.4. The molecule has 0 aliphatic rings. The maximum atomic E-state index is 5.09. The summed E-state index contributed by atoms with van der Waals surface area (Å²) in [4.78, 5) is 12.6. The summed E-state index contributed by atoms with van der Waals surface area (Å²) in [6, 6.07) is 8.03. The smallest absolute Gasteiger partial charge is 0.322 e. The quantitative estimate of drug-likeness (QED) is 0.843. The van der Waals surface area contributed by atoms with Crippen LogP contribution < -0.4 is 15.4 Å². The first-order valence-electron chi connectivity index (χ1n) is 6.28. The van der Waals surface area contributed by atoms with Gasteiger partial charge in [-0.15, -0.1) is 0 Å². The van der Waals surface area contributed by atoms with E-state index < -0.39 is 0 Å². The summed E-state index contributed by atoms with van der Waals surface area (Å²) in [5, 5.41) is 6.24. The van der Waals surface area contributed by atoms with Crippen molar-refractivity contribution in [3.63, 3.8) is 0 Å². The summed E-state index contributed by atoms with van der Waals surface area (Å²) in [5.74, 6) is 0.935.